The van der Waals surface area contributed by atoms with Gasteiger partial charge in [0, 0.05) is 23.2 Å². The van der Waals surface area contributed by atoms with Crippen molar-refractivity contribution in [2.45, 2.75) is 13.3 Å². The van der Waals surface area contributed by atoms with Gasteiger partial charge in [0.15, 0.2) is 5.78 Å². The third kappa shape index (κ3) is 4.98. The Morgan fingerprint density at radius 3 is 2.53 bits per heavy atom. The lowest BCUT2D eigenvalue weighted by Crippen LogP contribution is -2.31. The summed E-state index contributed by atoms with van der Waals surface area (Å²) < 4.78 is 0.974. The molecule has 0 aromatic heterocycles. The van der Waals surface area contributed by atoms with Crippen LogP contribution < -0.4 is 0 Å². The fourth-order valence-electron chi connectivity index (χ4n) is 1.57. The first-order valence-electron chi connectivity index (χ1n) is 5.79. The Balaban J connectivity index is 2.54. The van der Waals surface area contributed by atoms with Gasteiger partial charge in [-0.05, 0) is 25.1 Å². The van der Waals surface area contributed by atoms with Crippen LogP contribution in [0.4, 0.5) is 0 Å². The van der Waals surface area contributed by atoms with Crippen molar-refractivity contribution in [2.75, 3.05) is 26.2 Å². The quantitative estimate of drug-likeness (QED) is 0.786. The van der Waals surface area contributed by atoms with E-state index in [2.05, 4.69) is 15.9 Å². The van der Waals surface area contributed by atoms with E-state index < -0.39 is 0 Å². The fourth-order valence-corrected chi connectivity index (χ4v) is 1.84. The lowest BCUT2D eigenvalue weighted by atomic mass is 10.1. The number of carbonyl (C=O) groups excluding carboxylic acids is 1. The van der Waals surface area contributed by atoms with E-state index in [1.54, 1.807) is 0 Å². The standard InChI is InChI=1S/C13H18BrNO2/c1-2-15(8-3-9-16)10-13(17)11-4-6-12(14)7-5-11/h4-7,16H,2-3,8-10H2,1H3. The van der Waals surface area contributed by atoms with Crippen molar-refractivity contribution < 1.29 is 9.90 Å². The van der Waals surface area contributed by atoms with Gasteiger partial charge in [0.25, 0.3) is 0 Å². The predicted octanol–water partition coefficient (Wildman–Crippen LogP) is 2.34. The number of halogens is 1. The molecule has 0 saturated heterocycles. The van der Waals surface area contributed by atoms with Gasteiger partial charge in [-0.1, -0.05) is 35.0 Å². The second-order valence-electron chi connectivity index (χ2n) is 3.88. The molecule has 0 aliphatic heterocycles. The zero-order valence-electron chi connectivity index (χ0n) is 10.0. The molecule has 1 aromatic rings. The van der Waals surface area contributed by atoms with E-state index in [-0.39, 0.29) is 12.4 Å². The Morgan fingerprint density at radius 2 is 2.00 bits per heavy atom. The summed E-state index contributed by atoms with van der Waals surface area (Å²) in [5, 5.41) is 8.78. The van der Waals surface area contributed by atoms with Crippen LogP contribution in [0.5, 0.6) is 0 Å². The van der Waals surface area contributed by atoms with Gasteiger partial charge in [-0.25, -0.2) is 0 Å². The monoisotopic (exact) mass is 299 g/mol. The van der Waals surface area contributed by atoms with E-state index >= 15 is 0 Å². The van der Waals surface area contributed by atoms with Crippen molar-refractivity contribution in [3.05, 3.63) is 34.3 Å². The van der Waals surface area contributed by atoms with Crippen LogP contribution in [0.2, 0.25) is 0 Å². The number of Topliss-reactive ketones (excluding diaryl/α,β-unsaturated/α-hetero) is 1. The van der Waals surface area contributed by atoms with Crippen molar-refractivity contribution in [1.29, 1.82) is 0 Å². The molecule has 0 atom stereocenters. The molecule has 0 aliphatic carbocycles. The number of carbonyl (C=O) groups is 1. The van der Waals surface area contributed by atoms with Crippen LogP contribution in [0.1, 0.15) is 23.7 Å². The minimum absolute atomic E-state index is 0.122. The van der Waals surface area contributed by atoms with Crippen molar-refractivity contribution >= 4 is 21.7 Å². The number of ketones is 1. The number of nitrogens with zero attached hydrogens (tertiary/aromatic N) is 1. The molecular weight excluding hydrogens is 282 g/mol. The number of hydrogen-bond acceptors (Lipinski definition) is 3. The number of hydrogen-bond donors (Lipinski definition) is 1. The number of rotatable bonds is 7. The molecule has 0 radical (unpaired) electrons. The third-order valence-corrected chi connectivity index (χ3v) is 3.14. The van der Waals surface area contributed by atoms with E-state index in [9.17, 15) is 4.79 Å². The molecule has 1 rings (SSSR count). The Labute approximate surface area is 111 Å². The van der Waals surface area contributed by atoms with E-state index in [1.165, 1.54) is 0 Å². The SMILES string of the molecule is CCN(CCCO)CC(=O)c1ccc(Br)cc1. The van der Waals surface area contributed by atoms with Crippen molar-refractivity contribution in [1.82, 2.24) is 4.90 Å². The van der Waals surface area contributed by atoms with E-state index in [4.69, 9.17) is 5.11 Å². The van der Waals surface area contributed by atoms with Crippen molar-refractivity contribution in [2.24, 2.45) is 0 Å². The van der Waals surface area contributed by atoms with Gasteiger partial charge in [-0.15, -0.1) is 0 Å². The van der Waals surface area contributed by atoms with E-state index in [0.717, 1.165) is 23.1 Å². The largest absolute Gasteiger partial charge is 0.396 e. The maximum atomic E-state index is 12.0. The van der Waals surface area contributed by atoms with Crippen LogP contribution in [0.3, 0.4) is 0 Å². The molecule has 0 spiro atoms. The van der Waals surface area contributed by atoms with Gasteiger partial charge in [0.05, 0.1) is 6.54 Å². The number of aliphatic hydroxyl groups excluding tert-OH is 1. The summed E-state index contributed by atoms with van der Waals surface area (Å²) in [6.45, 7) is 4.19. The Bertz CT molecular complexity index is 351. The smallest absolute Gasteiger partial charge is 0.176 e. The molecule has 0 saturated carbocycles. The second-order valence-corrected chi connectivity index (χ2v) is 4.79. The molecule has 4 heteroatoms. The summed E-state index contributed by atoms with van der Waals surface area (Å²) >= 11 is 3.34. The number of benzene rings is 1. The zero-order chi connectivity index (χ0) is 12.7. The summed E-state index contributed by atoms with van der Waals surface area (Å²) in [5.41, 5.74) is 0.732. The first kappa shape index (κ1) is 14.4. The lowest BCUT2D eigenvalue weighted by Gasteiger charge is -2.18. The van der Waals surface area contributed by atoms with E-state index in [0.29, 0.717) is 13.0 Å². The first-order chi connectivity index (χ1) is 8.17. The highest BCUT2D eigenvalue weighted by Crippen LogP contribution is 2.11. The third-order valence-electron chi connectivity index (χ3n) is 2.61. The van der Waals surface area contributed by atoms with Crippen LogP contribution in [0, 0.1) is 0 Å². The van der Waals surface area contributed by atoms with Crippen LogP contribution in [0.25, 0.3) is 0 Å². The number of aliphatic hydroxyl groups is 1. The van der Waals surface area contributed by atoms with Gasteiger partial charge in [0.1, 0.15) is 0 Å². The highest BCUT2D eigenvalue weighted by molar-refractivity contribution is 9.10. The molecule has 94 valence electrons. The normalized spacial score (nSPS) is 10.8. The van der Waals surface area contributed by atoms with Crippen LogP contribution in [0.15, 0.2) is 28.7 Å². The lowest BCUT2D eigenvalue weighted by molar-refractivity contribution is 0.0928. The van der Waals surface area contributed by atoms with Crippen molar-refractivity contribution in [3.8, 4) is 0 Å². The zero-order valence-corrected chi connectivity index (χ0v) is 11.6. The van der Waals surface area contributed by atoms with Crippen LogP contribution >= 0.6 is 15.9 Å². The highest BCUT2D eigenvalue weighted by atomic mass is 79.9. The summed E-state index contributed by atoms with van der Waals surface area (Å²) in [5.74, 6) is 0.122. The average molecular weight is 300 g/mol. The summed E-state index contributed by atoms with van der Waals surface area (Å²) in [7, 11) is 0. The Morgan fingerprint density at radius 1 is 1.35 bits per heavy atom. The number of likely N-dealkylation sites (N-methyl/N-ethyl adjacent to an activating group) is 1. The molecule has 0 unspecified atom stereocenters. The Kier molecular flexibility index (Phi) is 6.40. The van der Waals surface area contributed by atoms with Crippen molar-refractivity contribution in [3.63, 3.8) is 0 Å². The van der Waals surface area contributed by atoms with Crippen LogP contribution in [-0.4, -0.2) is 42.0 Å². The molecule has 0 aliphatic rings. The molecule has 1 aromatic carbocycles. The van der Waals surface area contributed by atoms with Gasteiger partial charge in [-0.3, -0.25) is 9.69 Å². The maximum absolute atomic E-state index is 12.0. The highest BCUT2D eigenvalue weighted by Gasteiger charge is 2.10. The first-order valence-corrected chi connectivity index (χ1v) is 6.58. The molecule has 0 fully saturated rings. The molecule has 0 bridgehead atoms. The van der Waals surface area contributed by atoms with Gasteiger partial charge in [-0.2, -0.15) is 0 Å². The predicted molar refractivity (Wildman–Crippen MR) is 72.3 cm³/mol. The molecule has 1 N–H and O–H groups in total. The summed E-state index contributed by atoms with van der Waals surface area (Å²) in [4.78, 5) is 14.0. The van der Waals surface area contributed by atoms with Gasteiger partial charge in [0.2, 0.25) is 0 Å². The minimum Gasteiger partial charge on any atom is -0.396 e. The van der Waals surface area contributed by atoms with E-state index in [1.807, 2.05) is 36.1 Å². The molecular formula is C13H18BrNO2. The second kappa shape index (κ2) is 7.58. The fraction of sp³-hybridized carbons (Fsp3) is 0.462. The molecule has 0 amide bonds. The van der Waals surface area contributed by atoms with Gasteiger partial charge < -0.3 is 5.11 Å². The van der Waals surface area contributed by atoms with Crippen LogP contribution in [-0.2, 0) is 0 Å². The summed E-state index contributed by atoms with van der Waals surface area (Å²) in [6.07, 6.45) is 0.710. The minimum atomic E-state index is 0.122. The van der Waals surface area contributed by atoms with Gasteiger partial charge >= 0.3 is 0 Å². The molecule has 3 nitrogen and oxygen atoms in total. The summed E-state index contributed by atoms with van der Waals surface area (Å²) in [6, 6.07) is 7.40. The molecule has 0 heterocycles. The average Bonchev–Trinajstić information content (AvgIpc) is 2.35. The Hall–Kier alpha value is -0.710. The maximum Gasteiger partial charge on any atom is 0.176 e. The topological polar surface area (TPSA) is 40.5 Å². The molecule has 17 heavy (non-hydrogen) atoms.